The Morgan fingerprint density at radius 3 is 2.71 bits per heavy atom. The number of pyridine rings is 1. The van der Waals surface area contributed by atoms with Crippen molar-refractivity contribution in [1.29, 1.82) is 0 Å². The van der Waals surface area contributed by atoms with E-state index in [9.17, 15) is 4.79 Å². The number of hydrogen-bond donors (Lipinski definition) is 0. The molecule has 0 spiro atoms. The summed E-state index contributed by atoms with van der Waals surface area (Å²) in [5, 5.41) is 0. The lowest BCUT2D eigenvalue weighted by Gasteiger charge is -2.31. The third kappa shape index (κ3) is 2.05. The molecule has 90 valence electrons. The summed E-state index contributed by atoms with van der Waals surface area (Å²) in [6.45, 7) is 4.13. The van der Waals surface area contributed by atoms with Gasteiger partial charge in [-0.2, -0.15) is 0 Å². The second kappa shape index (κ2) is 4.45. The van der Waals surface area contributed by atoms with Gasteiger partial charge in [-0.15, -0.1) is 0 Å². The SMILES string of the molecule is O=C(c1ccccn1)N1CCN2CCC1CC2. The Bertz CT molecular complexity index is 398. The van der Waals surface area contributed by atoms with E-state index in [1.807, 2.05) is 17.0 Å². The number of aromatic nitrogens is 1. The van der Waals surface area contributed by atoms with Crippen LogP contribution in [0.25, 0.3) is 0 Å². The lowest BCUT2D eigenvalue weighted by atomic mass is 10.0. The van der Waals surface area contributed by atoms with Crippen LogP contribution in [0.4, 0.5) is 0 Å². The standard InChI is InChI=1S/C13H17N3O/c17-13(12-3-1-2-6-14-12)16-10-9-15-7-4-11(16)5-8-15/h1-3,6,11H,4-5,7-10H2. The number of piperidine rings is 1. The van der Waals surface area contributed by atoms with E-state index in [4.69, 9.17) is 0 Å². The topological polar surface area (TPSA) is 36.4 Å². The summed E-state index contributed by atoms with van der Waals surface area (Å²) in [5.41, 5.74) is 0.577. The first kappa shape index (κ1) is 10.7. The molecule has 4 heteroatoms. The van der Waals surface area contributed by atoms with E-state index in [1.165, 1.54) is 0 Å². The van der Waals surface area contributed by atoms with Crippen LogP contribution in [0.15, 0.2) is 24.4 Å². The molecule has 4 nitrogen and oxygen atoms in total. The summed E-state index contributed by atoms with van der Waals surface area (Å²) in [6.07, 6.45) is 3.91. The van der Waals surface area contributed by atoms with E-state index < -0.39 is 0 Å². The molecule has 4 heterocycles. The average molecular weight is 231 g/mol. The Labute approximate surface area is 101 Å². The number of rotatable bonds is 1. The van der Waals surface area contributed by atoms with Gasteiger partial charge >= 0.3 is 0 Å². The van der Waals surface area contributed by atoms with Gasteiger partial charge in [0.25, 0.3) is 5.91 Å². The Balaban J connectivity index is 1.81. The van der Waals surface area contributed by atoms with Crippen LogP contribution < -0.4 is 0 Å². The molecule has 1 aromatic rings. The van der Waals surface area contributed by atoms with Gasteiger partial charge in [-0.3, -0.25) is 9.78 Å². The van der Waals surface area contributed by atoms with Gasteiger partial charge in [0.2, 0.25) is 0 Å². The van der Waals surface area contributed by atoms with Crippen LogP contribution in [0.3, 0.4) is 0 Å². The van der Waals surface area contributed by atoms with Crippen molar-refractivity contribution in [2.75, 3.05) is 26.2 Å². The van der Waals surface area contributed by atoms with Crippen molar-refractivity contribution < 1.29 is 4.79 Å². The van der Waals surface area contributed by atoms with Crippen molar-refractivity contribution in [3.63, 3.8) is 0 Å². The molecule has 1 aromatic heterocycles. The van der Waals surface area contributed by atoms with Gasteiger partial charge in [-0.1, -0.05) is 6.07 Å². The highest BCUT2D eigenvalue weighted by molar-refractivity contribution is 5.92. The van der Waals surface area contributed by atoms with Crippen molar-refractivity contribution in [3.05, 3.63) is 30.1 Å². The summed E-state index contributed by atoms with van der Waals surface area (Å²) in [5.74, 6) is 0.0966. The van der Waals surface area contributed by atoms with Gasteiger partial charge in [0.15, 0.2) is 0 Å². The van der Waals surface area contributed by atoms with Gasteiger partial charge in [0, 0.05) is 38.4 Å². The first-order valence-electron chi connectivity index (χ1n) is 6.29. The van der Waals surface area contributed by atoms with Crippen molar-refractivity contribution in [2.24, 2.45) is 0 Å². The number of amides is 1. The van der Waals surface area contributed by atoms with E-state index in [1.54, 1.807) is 12.3 Å². The fraction of sp³-hybridized carbons (Fsp3) is 0.538. The molecule has 0 unspecified atom stereocenters. The minimum absolute atomic E-state index is 0.0966. The van der Waals surface area contributed by atoms with Gasteiger partial charge in [0.1, 0.15) is 5.69 Å². The van der Waals surface area contributed by atoms with Crippen LogP contribution in [0.2, 0.25) is 0 Å². The van der Waals surface area contributed by atoms with Crippen molar-refractivity contribution in [1.82, 2.24) is 14.8 Å². The minimum Gasteiger partial charge on any atom is -0.333 e. The van der Waals surface area contributed by atoms with Crippen LogP contribution in [0, 0.1) is 0 Å². The molecule has 3 aliphatic heterocycles. The predicted octanol–water partition coefficient (Wildman–Crippen LogP) is 1.00. The Kier molecular flexibility index (Phi) is 2.81. The summed E-state index contributed by atoms with van der Waals surface area (Å²) in [4.78, 5) is 21.0. The van der Waals surface area contributed by atoms with Crippen LogP contribution in [0.5, 0.6) is 0 Å². The zero-order chi connectivity index (χ0) is 11.7. The summed E-state index contributed by atoms with van der Waals surface area (Å²) >= 11 is 0. The normalized spacial score (nSPS) is 27.9. The van der Waals surface area contributed by atoms with Crippen molar-refractivity contribution >= 4 is 5.91 Å². The molecular weight excluding hydrogens is 214 g/mol. The third-order valence-electron chi connectivity index (χ3n) is 3.80. The Morgan fingerprint density at radius 1 is 1.18 bits per heavy atom. The highest BCUT2D eigenvalue weighted by Crippen LogP contribution is 2.22. The van der Waals surface area contributed by atoms with Gasteiger partial charge in [-0.25, -0.2) is 0 Å². The highest BCUT2D eigenvalue weighted by atomic mass is 16.2. The van der Waals surface area contributed by atoms with E-state index in [-0.39, 0.29) is 5.91 Å². The van der Waals surface area contributed by atoms with E-state index >= 15 is 0 Å². The van der Waals surface area contributed by atoms with Crippen molar-refractivity contribution in [2.45, 2.75) is 18.9 Å². The lowest BCUT2D eigenvalue weighted by molar-refractivity contribution is 0.0679. The van der Waals surface area contributed by atoms with Crippen LogP contribution >= 0.6 is 0 Å². The first-order chi connectivity index (χ1) is 8.34. The van der Waals surface area contributed by atoms with E-state index in [0.29, 0.717) is 11.7 Å². The average Bonchev–Trinajstić information content (AvgIpc) is 2.72. The molecule has 3 aliphatic rings. The summed E-state index contributed by atoms with van der Waals surface area (Å²) in [6, 6.07) is 5.94. The molecule has 3 saturated heterocycles. The largest absolute Gasteiger partial charge is 0.333 e. The fourth-order valence-electron chi connectivity index (χ4n) is 2.79. The van der Waals surface area contributed by atoms with E-state index in [2.05, 4.69) is 9.88 Å². The maximum absolute atomic E-state index is 12.4. The van der Waals surface area contributed by atoms with Crippen LogP contribution in [-0.2, 0) is 0 Å². The number of hydrogen-bond acceptors (Lipinski definition) is 3. The number of carbonyl (C=O) groups is 1. The van der Waals surface area contributed by atoms with Crippen molar-refractivity contribution in [3.8, 4) is 0 Å². The third-order valence-corrected chi connectivity index (χ3v) is 3.80. The molecule has 17 heavy (non-hydrogen) atoms. The maximum atomic E-state index is 12.4. The van der Waals surface area contributed by atoms with Gasteiger partial charge in [0.05, 0.1) is 0 Å². The molecule has 0 aliphatic carbocycles. The summed E-state index contributed by atoms with van der Waals surface area (Å²) < 4.78 is 0. The first-order valence-corrected chi connectivity index (χ1v) is 6.29. The highest BCUT2D eigenvalue weighted by Gasteiger charge is 2.32. The monoisotopic (exact) mass is 231 g/mol. The quantitative estimate of drug-likeness (QED) is 0.723. The molecule has 1 amide bonds. The zero-order valence-electron chi connectivity index (χ0n) is 9.88. The van der Waals surface area contributed by atoms with E-state index in [0.717, 1.165) is 39.0 Å². The molecular formula is C13H17N3O. The smallest absolute Gasteiger partial charge is 0.272 e. The number of nitrogens with zero attached hydrogens (tertiary/aromatic N) is 3. The maximum Gasteiger partial charge on any atom is 0.272 e. The Hall–Kier alpha value is -1.42. The molecule has 0 atom stereocenters. The molecule has 4 rings (SSSR count). The molecule has 0 aromatic carbocycles. The second-order valence-electron chi connectivity index (χ2n) is 4.79. The number of fused-ring (bicyclic) bond motifs is 4. The van der Waals surface area contributed by atoms with Gasteiger partial charge < -0.3 is 9.80 Å². The predicted molar refractivity (Wildman–Crippen MR) is 64.7 cm³/mol. The lowest BCUT2D eigenvalue weighted by Crippen LogP contribution is -2.41. The Morgan fingerprint density at radius 2 is 2.00 bits per heavy atom. The minimum atomic E-state index is 0.0966. The zero-order valence-corrected chi connectivity index (χ0v) is 9.88. The van der Waals surface area contributed by atoms with Crippen LogP contribution in [-0.4, -0.2) is 52.9 Å². The molecule has 0 saturated carbocycles. The van der Waals surface area contributed by atoms with Gasteiger partial charge in [-0.05, 0) is 25.0 Å². The van der Waals surface area contributed by atoms with Crippen LogP contribution in [0.1, 0.15) is 23.3 Å². The summed E-state index contributed by atoms with van der Waals surface area (Å²) in [7, 11) is 0. The molecule has 0 N–H and O–H groups in total. The fourth-order valence-corrected chi connectivity index (χ4v) is 2.79. The number of carbonyl (C=O) groups excluding carboxylic acids is 1. The molecule has 0 radical (unpaired) electrons. The molecule has 2 bridgehead atoms. The molecule has 3 fully saturated rings. The second-order valence-corrected chi connectivity index (χ2v) is 4.79.